The predicted molar refractivity (Wildman–Crippen MR) is 50.0 cm³/mol. The summed E-state index contributed by atoms with van der Waals surface area (Å²) in [7, 11) is 0. The second kappa shape index (κ2) is 3.36. The van der Waals surface area contributed by atoms with Crippen LogP contribution in [0.3, 0.4) is 0 Å². The largest absolute Gasteiger partial charge is 0.462 e. The van der Waals surface area contributed by atoms with Crippen LogP contribution < -0.4 is 0 Å². The van der Waals surface area contributed by atoms with Crippen molar-refractivity contribution in [3.05, 3.63) is 24.3 Å². The van der Waals surface area contributed by atoms with E-state index in [9.17, 15) is 4.79 Å². The molecule has 0 aromatic rings. The molecule has 0 aliphatic heterocycles. The molecule has 1 fully saturated rings. The molecule has 0 aromatic heterocycles. The maximum atomic E-state index is 10.8. The zero-order valence-corrected chi connectivity index (χ0v) is 7.77. The lowest BCUT2D eigenvalue weighted by atomic mass is 10.1. The molecule has 2 aliphatic rings. The number of hydrogen-bond acceptors (Lipinski definition) is 2. The van der Waals surface area contributed by atoms with Gasteiger partial charge < -0.3 is 4.74 Å². The van der Waals surface area contributed by atoms with Crippen molar-refractivity contribution in [2.75, 3.05) is 0 Å². The van der Waals surface area contributed by atoms with Crippen LogP contribution in [0.2, 0.25) is 0 Å². The van der Waals surface area contributed by atoms with Gasteiger partial charge in [0.15, 0.2) is 0 Å². The summed E-state index contributed by atoms with van der Waals surface area (Å²) in [6.45, 7) is 1.48. The van der Waals surface area contributed by atoms with Crippen LogP contribution >= 0.6 is 0 Å². The van der Waals surface area contributed by atoms with Gasteiger partial charge in [0.25, 0.3) is 0 Å². The fourth-order valence-electron chi connectivity index (χ4n) is 2.21. The lowest BCUT2D eigenvalue weighted by molar-refractivity contribution is -0.147. The van der Waals surface area contributed by atoms with Gasteiger partial charge in [-0.3, -0.25) is 4.79 Å². The molecule has 0 saturated heterocycles. The number of rotatable bonds is 1. The maximum Gasteiger partial charge on any atom is 0.302 e. The number of carbonyl (C=O) groups is 1. The molecule has 1 saturated carbocycles. The number of allylic oxidation sites excluding steroid dienone is 3. The van der Waals surface area contributed by atoms with Crippen molar-refractivity contribution in [1.29, 1.82) is 0 Å². The lowest BCUT2D eigenvalue weighted by Crippen LogP contribution is -2.19. The Morgan fingerprint density at radius 2 is 2.08 bits per heavy atom. The second-order valence-electron chi connectivity index (χ2n) is 3.81. The molecule has 3 atom stereocenters. The minimum atomic E-state index is -0.159. The van der Waals surface area contributed by atoms with Crippen molar-refractivity contribution in [2.24, 2.45) is 11.8 Å². The third-order valence-electron chi connectivity index (χ3n) is 2.76. The molecule has 0 radical (unpaired) electrons. The fraction of sp³-hybridized carbons (Fsp3) is 0.545. The van der Waals surface area contributed by atoms with Crippen LogP contribution in [0.25, 0.3) is 0 Å². The minimum absolute atomic E-state index is 0.115. The van der Waals surface area contributed by atoms with E-state index in [0.29, 0.717) is 11.8 Å². The molecule has 0 amide bonds. The quantitative estimate of drug-likeness (QED) is 0.574. The summed E-state index contributed by atoms with van der Waals surface area (Å²) in [4.78, 5) is 10.8. The van der Waals surface area contributed by atoms with E-state index in [4.69, 9.17) is 4.74 Å². The van der Waals surface area contributed by atoms with Crippen molar-refractivity contribution >= 4 is 5.97 Å². The van der Waals surface area contributed by atoms with Crippen LogP contribution in [0, 0.1) is 11.8 Å². The highest BCUT2D eigenvalue weighted by molar-refractivity contribution is 5.66. The molecule has 2 bridgehead atoms. The van der Waals surface area contributed by atoms with Gasteiger partial charge in [0.1, 0.15) is 6.10 Å². The normalized spacial score (nSPS) is 35.9. The SMILES string of the molecule is CC(=O)O[C@H]1C[C@H]2C=CC=C[C@@H]1C2. The Bertz CT molecular complexity index is 265. The minimum Gasteiger partial charge on any atom is -0.462 e. The number of fused-ring (bicyclic) bond motifs is 2. The Morgan fingerprint density at radius 1 is 1.31 bits per heavy atom. The molecular formula is C11H14O2. The van der Waals surface area contributed by atoms with E-state index in [0.717, 1.165) is 12.8 Å². The van der Waals surface area contributed by atoms with Crippen molar-refractivity contribution in [2.45, 2.75) is 25.9 Å². The molecule has 2 nitrogen and oxygen atoms in total. The first kappa shape index (κ1) is 8.54. The summed E-state index contributed by atoms with van der Waals surface area (Å²) >= 11 is 0. The molecule has 70 valence electrons. The van der Waals surface area contributed by atoms with Crippen molar-refractivity contribution in [1.82, 2.24) is 0 Å². The summed E-state index contributed by atoms with van der Waals surface area (Å²) in [5, 5.41) is 0. The van der Waals surface area contributed by atoms with Crippen LogP contribution in [-0.2, 0) is 9.53 Å². The smallest absolute Gasteiger partial charge is 0.302 e. The monoisotopic (exact) mass is 178 g/mol. The van der Waals surface area contributed by atoms with Crippen LogP contribution in [0.1, 0.15) is 19.8 Å². The van der Waals surface area contributed by atoms with Gasteiger partial charge in [-0.25, -0.2) is 0 Å². The van der Waals surface area contributed by atoms with Crippen LogP contribution in [-0.4, -0.2) is 12.1 Å². The molecule has 0 spiro atoms. The number of carbonyl (C=O) groups excluding carboxylic acids is 1. The van der Waals surface area contributed by atoms with Gasteiger partial charge in [0.2, 0.25) is 0 Å². The summed E-state index contributed by atoms with van der Waals surface area (Å²) in [6, 6.07) is 0. The first-order valence-corrected chi connectivity index (χ1v) is 4.78. The zero-order valence-electron chi connectivity index (χ0n) is 7.77. The third kappa shape index (κ3) is 1.82. The van der Waals surface area contributed by atoms with Crippen molar-refractivity contribution < 1.29 is 9.53 Å². The molecular weight excluding hydrogens is 164 g/mol. The van der Waals surface area contributed by atoms with Gasteiger partial charge in [-0.1, -0.05) is 24.3 Å². The predicted octanol–water partition coefficient (Wildman–Crippen LogP) is 2.07. The topological polar surface area (TPSA) is 26.3 Å². The summed E-state index contributed by atoms with van der Waals surface area (Å²) < 4.78 is 5.26. The molecule has 0 unspecified atom stereocenters. The Labute approximate surface area is 78.3 Å². The van der Waals surface area contributed by atoms with Gasteiger partial charge in [0, 0.05) is 12.8 Å². The highest BCUT2D eigenvalue weighted by Gasteiger charge is 2.34. The summed E-state index contributed by atoms with van der Waals surface area (Å²) in [6.07, 6.45) is 10.7. The van der Waals surface area contributed by atoms with E-state index >= 15 is 0 Å². The van der Waals surface area contributed by atoms with Gasteiger partial charge >= 0.3 is 5.97 Å². The highest BCUT2D eigenvalue weighted by atomic mass is 16.5. The molecule has 2 rings (SSSR count). The Kier molecular flexibility index (Phi) is 2.21. The number of hydrogen-bond donors (Lipinski definition) is 0. The molecule has 2 heteroatoms. The molecule has 0 N–H and O–H groups in total. The average Bonchev–Trinajstić information content (AvgIpc) is 2.30. The highest BCUT2D eigenvalue weighted by Crippen LogP contribution is 2.36. The van der Waals surface area contributed by atoms with Crippen LogP contribution in [0.15, 0.2) is 24.3 Å². The first-order valence-electron chi connectivity index (χ1n) is 4.78. The van der Waals surface area contributed by atoms with Crippen molar-refractivity contribution in [3.63, 3.8) is 0 Å². The van der Waals surface area contributed by atoms with E-state index in [-0.39, 0.29) is 12.1 Å². The van der Waals surface area contributed by atoms with E-state index in [1.807, 2.05) is 0 Å². The van der Waals surface area contributed by atoms with Gasteiger partial charge in [0.05, 0.1) is 0 Å². The number of esters is 1. The molecule has 0 aromatic carbocycles. The Morgan fingerprint density at radius 3 is 2.85 bits per heavy atom. The van der Waals surface area contributed by atoms with Gasteiger partial charge in [-0.2, -0.15) is 0 Å². The van der Waals surface area contributed by atoms with Crippen molar-refractivity contribution in [3.8, 4) is 0 Å². The average molecular weight is 178 g/mol. The lowest BCUT2D eigenvalue weighted by Gasteiger charge is -2.15. The zero-order chi connectivity index (χ0) is 9.26. The van der Waals surface area contributed by atoms with Crippen LogP contribution in [0.5, 0.6) is 0 Å². The standard InChI is InChI=1S/C11H14O2/c1-8(12)13-11-7-9-4-2-3-5-10(11)6-9/h2-5,9-11H,6-7H2,1H3/t9-,10+,11-/m0/s1. The van der Waals surface area contributed by atoms with E-state index in [2.05, 4.69) is 24.3 Å². The Hall–Kier alpha value is -1.05. The Balaban J connectivity index is 2.05. The van der Waals surface area contributed by atoms with E-state index < -0.39 is 0 Å². The van der Waals surface area contributed by atoms with Gasteiger partial charge in [-0.05, 0) is 18.8 Å². The first-order chi connectivity index (χ1) is 6.25. The maximum absolute atomic E-state index is 10.8. The summed E-state index contributed by atoms with van der Waals surface area (Å²) in [5.74, 6) is 0.877. The second-order valence-corrected chi connectivity index (χ2v) is 3.81. The van der Waals surface area contributed by atoms with Crippen LogP contribution in [0.4, 0.5) is 0 Å². The third-order valence-corrected chi connectivity index (χ3v) is 2.76. The van der Waals surface area contributed by atoms with Gasteiger partial charge in [-0.15, -0.1) is 0 Å². The van der Waals surface area contributed by atoms with E-state index in [1.54, 1.807) is 0 Å². The molecule has 0 heterocycles. The molecule has 2 aliphatic carbocycles. The molecule has 13 heavy (non-hydrogen) atoms. The fourth-order valence-corrected chi connectivity index (χ4v) is 2.21. The van der Waals surface area contributed by atoms with E-state index in [1.165, 1.54) is 6.92 Å². The number of ether oxygens (including phenoxy) is 1. The summed E-state index contributed by atoms with van der Waals surface area (Å²) in [5.41, 5.74) is 0.